The maximum Gasteiger partial charge on any atom is 0.310 e. The average molecular weight is 341 g/mol. The molecule has 0 saturated heterocycles. The third-order valence-electron chi connectivity index (χ3n) is 5.98. The van der Waals surface area contributed by atoms with Gasteiger partial charge in [0.05, 0.1) is 10.8 Å². The predicted octanol–water partition coefficient (Wildman–Crippen LogP) is 5.36. The first-order chi connectivity index (χ1) is 11.2. The molecule has 2 N–H and O–H groups in total. The van der Waals surface area contributed by atoms with Crippen LogP contribution >= 0.6 is 0 Å². The lowest BCUT2D eigenvalue weighted by Crippen LogP contribution is -2.54. The Morgan fingerprint density at radius 1 is 0.792 bits per heavy atom. The van der Waals surface area contributed by atoms with Crippen molar-refractivity contribution in [3.8, 4) is 0 Å². The zero-order valence-corrected chi connectivity index (χ0v) is 15.9. The summed E-state index contributed by atoms with van der Waals surface area (Å²) in [6.07, 6.45) is 7.28. The Kier molecular flexibility index (Phi) is 7.75. The van der Waals surface area contributed by atoms with Crippen LogP contribution < -0.4 is 0 Å². The number of carbonyl (C=O) groups is 2. The minimum absolute atomic E-state index is 0.385. The van der Waals surface area contributed by atoms with Crippen molar-refractivity contribution in [1.82, 2.24) is 0 Å². The van der Waals surface area contributed by atoms with Crippen LogP contribution in [0, 0.1) is 22.7 Å². The normalized spacial score (nSPS) is 27.6. The molecule has 24 heavy (non-hydrogen) atoms. The van der Waals surface area contributed by atoms with Crippen molar-refractivity contribution in [2.45, 2.75) is 91.9 Å². The highest BCUT2D eigenvalue weighted by molar-refractivity contribution is 5.87. The molecule has 0 aliphatic heterocycles. The van der Waals surface area contributed by atoms with Crippen molar-refractivity contribution in [2.75, 3.05) is 0 Å². The van der Waals surface area contributed by atoms with Crippen molar-refractivity contribution < 1.29 is 19.8 Å². The van der Waals surface area contributed by atoms with Crippen molar-refractivity contribution in [3.63, 3.8) is 0 Å². The number of aliphatic carboxylic acids is 2. The van der Waals surface area contributed by atoms with Crippen LogP contribution in [0.4, 0.5) is 0 Å². The second kappa shape index (κ2) is 8.87. The van der Waals surface area contributed by atoms with E-state index in [2.05, 4.69) is 27.7 Å². The number of unbranched alkanes of at least 4 members (excludes halogenated alkanes) is 1. The molecule has 0 aromatic rings. The van der Waals surface area contributed by atoms with Crippen LogP contribution in [-0.2, 0) is 9.59 Å². The van der Waals surface area contributed by atoms with Crippen LogP contribution in [0.3, 0.4) is 0 Å². The highest BCUT2D eigenvalue weighted by Crippen LogP contribution is 2.57. The van der Waals surface area contributed by atoms with Gasteiger partial charge in [-0.1, -0.05) is 59.8 Å². The summed E-state index contributed by atoms with van der Waals surface area (Å²) in [5, 5.41) is 20.2. The number of carboxylic acids is 2. The molecule has 1 aliphatic carbocycles. The van der Waals surface area contributed by atoms with E-state index in [-0.39, 0.29) is 0 Å². The molecule has 2 unspecified atom stereocenters. The Morgan fingerprint density at radius 3 is 1.67 bits per heavy atom. The van der Waals surface area contributed by atoms with E-state index in [0.29, 0.717) is 37.5 Å². The van der Waals surface area contributed by atoms with Crippen molar-refractivity contribution in [1.29, 1.82) is 0 Å². The van der Waals surface area contributed by atoms with Crippen LogP contribution in [0.15, 0.2) is 0 Å². The number of hydrogen-bond acceptors (Lipinski definition) is 2. The van der Waals surface area contributed by atoms with Crippen LogP contribution in [0.1, 0.15) is 91.9 Å². The van der Waals surface area contributed by atoms with Crippen molar-refractivity contribution in [3.05, 3.63) is 0 Å². The van der Waals surface area contributed by atoms with E-state index in [1.165, 1.54) is 0 Å². The smallest absolute Gasteiger partial charge is 0.310 e. The Labute approximate surface area is 147 Å². The second-order valence-electron chi connectivity index (χ2n) is 8.55. The van der Waals surface area contributed by atoms with Gasteiger partial charge in [0.2, 0.25) is 0 Å². The van der Waals surface area contributed by atoms with Crippen LogP contribution in [0.25, 0.3) is 0 Å². The Morgan fingerprint density at radius 2 is 1.25 bits per heavy atom. The third-order valence-corrected chi connectivity index (χ3v) is 5.98. The predicted molar refractivity (Wildman–Crippen MR) is 96.0 cm³/mol. The lowest BCUT2D eigenvalue weighted by Gasteiger charge is -2.49. The second-order valence-corrected chi connectivity index (χ2v) is 8.55. The van der Waals surface area contributed by atoms with Crippen molar-refractivity contribution >= 4 is 11.9 Å². The summed E-state index contributed by atoms with van der Waals surface area (Å²) in [6, 6.07) is 0. The zero-order chi connectivity index (χ0) is 18.4. The Hall–Kier alpha value is -1.06. The minimum Gasteiger partial charge on any atom is -0.481 e. The Bertz CT molecular complexity index is 429. The summed E-state index contributed by atoms with van der Waals surface area (Å²) < 4.78 is 0. The highest BCUT2D eigenvalue weighted by atomic mass is 16.4. The van der Waals surface area contributed by atoms with Gasteiger partial charge in [0.1, 0.15) is 0 Å². The molecule has 2 atom stereocenters. The van der Waals surface area contributed by atoms with Gasteiger partial charge in [-0.3, -0.25) is 9.59 Å². The van der Waals surface area contributed by atoms with Gasteiger partial charge in [0, 0.05) is 0 Å². The number of carboxylic acid groups (broad SMARTS) is 2. The molecule has 0 aromatic carbocycles. The first-order valence-electron chi connectivity index (χ1n) is 9.65. The Balaban J connectivity index is 3.08. The SMILES string of the molecule is CC(C)CCCCC1(C(=O)O)CCCCC1(CCC(C)C)C(=O)O. The topological polar surface area (TPSA) is 74.6 Å². The van der Waals surface area contributed by atoms with E-state index in [4.69, 9.17) is 0 Å². The third kappa shape index (κ3) is 4.52. The van der Waals surface area contributed by atoms with E-state index in [0.717, 1.165) is 38.5 Å². The molecule has 0 bridgehead atoms. The maximum atomic E-state index is 12.3. The first-order valence-corrected chi connectivity index (χ1v) is 9.65. The summed E-state index contributed by atoms with van der Waals surface area (Å²) in [4.78, 5) is 24.6. The van der Waals surface area contributed by atoms with Gasteiger partial charge in [0.15, 0.2) is 0 Å². The minimum atomic E-state index is -1.10. The van der Waals surface area contributed by atoms with E-state index in [9.17, 15) is 19.8 Å². The van der Waals surface area contributed by atoms with E-state index >= 15 is 0 Å². The summed E-state index contributed by atoms with van der Waals surface area (Å²) in [5.41, 5.74) is -2.19. The quantitative estimate of drug-likeness (QED) is 0.525. The van der Waals surface area contributed by atoms with Gasteiger partial charge < -0.3 is 10.2 Å². The molecule has 140 valence electrons. The van der Waals surface area contributed by atoms with E-state index in [1.807, 2.05) is 0 Å². The highest BCUT2D eigenvalue weighted by Gasteiger charge is 2.61. The van der Waals surface area contributed by atoms with Crippen LogP contribution in [0.2, 0.25) is 0 Å². The molecule has 0 aromatic heterocycles. The summed E-state index contributed by atoms with van der Waals surface area (Å²) in [6.45, 7) is 8.47. The van der Waals surface area contributed by atoms with Crippen LogP contribution in [0.5, 0.6) is 0 Å². The van der Waals surface area contributed by atoms with Gasteiger partial charge in [-0.15, -0.1) is 0 Å². The molecular formula is C20H36O4. The molecule has 1 saturated carbocycles. The molecule has 1 aliphatic rings. The lowest BCUT2D eigenvalue weighted by atomic mass is 9.52. The van der Waals surface area contributed by atoms with Gasteiger partial charge in [-0.25, -0.2) is 0 Å². The molecule has 0 radical (unpaired) electrons. The standard InChI is InChI=1S/C20H36O4/c1-15(2)9-5-6-11-19(17(21)22)12-7-8-13-20(19,18(23)24)14-10-16(3)4/h15-16H,5-14H2,1-4H3,(H,21,22)(H,23,24). The van der Waals surface area contributed by atoms with Gasteiger partial charge in [-0.2, -0.15) is 0 Å². The molecule has 4 heteroatoms. The molecule has 0 amide bonds. The molecule has 4 nitrogen and oxygen atoms in total. The fourth-order valence-electron chi connectivity index (χ4n) is 4.41. The molecule has 0 heterocycles. The summed E-state index contributed by atoms with van der Waals surface area (Å²) >= 11 is 0. The molecule has 0 spiro atoms. The van der Waals surface area contributed by atoms with Gasteiger partial charge in [-0.05, 0) is 43.9 Å². The summed E-state index contributed by atoms with van der Waals surface area (Å²) in [5.74, 6) is -0.801. The van der Waals surface area contributed by atoms with Crippen molar-refractivity contribution in [2.24, 2.45) is 22.7 Å². The lowest BCUT2D eigenvalue weighted by molar-refractivity contribution is -0.182. The first kappa shape index (κ1) is 21.0. The average Bonchev–Trinajstić information content (AvgIpc) is 2.49. The molecule has 1 rings (SSSR count). The monoisotopic (exact) mass is 340 g/mol. The number of rotatable bonds is 10. The molecular weight excluding hydrogens is 304 g/mol. The van der Waals surface area contributed by atoms with Crippen LogP contribution in [-0.4, -0.2) is 22.2 Å². The molecule has 1 fully saturated rings. The van der Waals surface area contributed by atoms with E-state index in [1.54, 1.807) is 0 Å². The van der Waals surface area contributed by atoms with E-state index < -0.39 is 22.8 Å². The zero-order valence-electron chi connectivity index (χ0n) is 15.9. The fraction of sp³-hybridized carbons (Fsp3) is 0.900. The number of hydrogen-bond donors (Lipinski definition) is 2. The van der Waals surface area contributed by atoms with Gasteiger partial charge in [0.25, 0.3) is 0 Å². The fourth-order valence-corrected chi connectivity index (χ4v) is 4.41. The summed E-state index contributed by atoms with van der Waals surface area (Å²) in [7, 11) is 0. The maximum absolute atomic E-state index is 12.3. The largest absolute Gasteiger partial charge is 0.481 e. The van der Waals surface area contributed by atoms with Gasteiger partial charge >= 0.3 is 11.9 Å².